The van der Waals surface area contributed by atoms with Gasteiger partial charge in [0.2, 0.25) is 0 Å². The smallest absolute Gasteiger partial charge is 0.302 e. The topological polar surface area (TPSA) is 34.9 Å². The van der Waals surface area contributed by atoms with E-state index in [9.17, 15) is 4.79 Å². The third-order valence-electron chi connectivity index (χ3n) is 2.11. The van der Waals surface area contributed by atoms with E-state index < -0.39 is 0 Å². The van der Waals surface area contributed by atoms with E-state index in [2.05, 4.69) is 4.98 Å². The average molecular weight is 221 g/mol. The summed E-state index contributed by atoms with van der Waals surface area (Å²) in [7, 11) is 1.67. The summed E-state index contributed by atoms with van der Waals surface area (Å²) in [4.78, 5) is 15.2. The molecule has 1 heterocycles. The predicted octanol–water partition coefficient (Wildman–Crippen LogP) is 2.10. The minimum Gasteiger partial charge on any atom is -0.302 e. The molecule has 1 aromatic carbocycles. The maximum Gasteiger partial charge on any atom is 0.347 e. The highest BCUT2D eigenvalue weighted by Gasteiger charge is 2.00. The van der Waals surface area contributed by atoms with Gasteiger partial charge < -0.3 is 4.57 Å². The van der Waals surface area contributed by atoms with Gasteiger partial charge in [-0.15, -0.1) is 0 Å². The van der Waals surface area contributed by atoms with Crippen molar-refractivity contribution in [2.24, 2.45) is 7.05 Å². The fourth-order valence-corrected chi connectivity index (χ4v) is 1.37. The lowest BCUT2D eigenvalue weighted by Crippen LogP contribution is -2.19. The van der Waals surface area contributed by atoms with Crippen LogP contribution in [-0.2, 0) is 7.05 Å². The monoisotopic (exact) mass is 220 g/mol. The van der Waals surface area contributed by atoms with Gasteiger partial charge in [-0.05, 0) is 18.2 Å². The summed E-state index contributed by atoms with van der Waals surface area (Å²) in [5, 5.41) is 0.669. The summed E-state index contributed by atoms with van der Waals surface area (Å²) in [6.07, 6.45) is 1.69. The molecule has 0 spiro atoms. The average Bonchev–Trinajstić information content (AvgIpc) is 2.23. The Labute approximate surface area is 92.0 Å². The van der Waals surface area contributed by atoms with Gasteiger partial charge in [-0.3, -0.25) is 0 Å². The molecule has 76 valence electrons. The van der Waals surface area contributed by atoms with Crippen molar-refractivity contribution in [3.05, 3.63) is 52.0 Å². The summed E-state index contributed by atoms with van der Waals surface area (Å²) in [5.74, 6) is 0. The zero-order valence-electron chi connectivity index (χ0n) is 8.14. The molecule has 2 aromatic rings. The molecule has 3 nitrogen and oxygen atoms in total. The number of nitrogens with zero attached hydrogens (tertiary/aromatic N) is 2. The van der Waals surface area contributed by atoms with Crippen LogP contribution in [0, 0.1) is 0 Å². The van der Waals surface area contributed by atoms with Crippen molar-refractivity contribution < 1.29 is 0 Å². The summed E-state index contributed by atoms with van der Waals surface area (Å²) >= 11 is 5.77. The first kappa shape index (κ1) is 9.93. The quantitative estimate of drug-likeness (QED) is 0.738. The highest BCUT2D eigenvalue weighted by molar-refractivity contribution is 6.30. The van der Waals surface area contributed by atoms with Crippen molar-refractivity contribution in [1.82, 2.24) is 9.55 Å². The lowest BCUT2D eigenvalue weighted by molar-refractivity contribution is 0.813. The van der Waals surface area contributed by atoms with E-state index in [4.69, 9.17) is 11.6 Å². The fourth-order valence-electron chi connectivity index (χ4n) is 1.25. The minimum absolute atomic E-state index is 0.262. The van der Waals surface area contributed by atoms with E-state index in [1.165, 1.54) is 4.57 Å². The van der Waals surface area contributed by atoms with Crippen LogP contribution in [0.1, 0.15) is 0 Å². The highest BCUT2D eigenvalue weighted by atomic mass is 35.5. The number of rotatable bonds is 1. The molecule has 0 N–H and O–H groups in total. The first-order valence-corrected chi connectivity index (χ1v) is 4.84. The molecule has 0 saturated heterocycles. The Balaban J connectivity index is 2.50. The number of benzene rings is 1. The zero-order chi connectivity index (χ0) is 10.8. The van der Waals surface area contributed by atoms with Crippen LogP contribution in [0.2, 0.25) is 5.02 Å². The molecule has 1 aromatic heterocycles. The van der Waals surface area contributed by atoms with Gasteiger partial charge in [0, 0.05) is 23.8 Å². The molecule has 0 bridgehead atoms. The Bertz CT molecular complexity index is 531. The minimum atomic E-state index is -0.262. The molecule has 0 atom stereocenters. The van der Waals surface area contributed by atoms with Crippen molar-refractivity contribution >= 4 is 11.6 Å². The normalized spacial score (nSPS) is 10.3. The first-order chi connectivity index (χ1) is 7.16. The highest BCUT2D eigenvalue weighted by Crippen LogP contribution is 2.17. The maximum absolute atomic E-state index is 11.3. The molecule has 0 aliphatic heterocycles. The van der Waals surface area contributed by atoms with Gasteiger partial charge in [-0.1, -0.05) is 23.7 Å². The largest absolute Gasteiger partial charge is 0.347 e. The molecular formula is C11H9ClN2O. The summed E-state index contributed by atoms with van der Waals surface area (Å²) < 4.78 is 1.43. The fraction of sp³-hybridized carbons (Fsp3) is 0.0909. The zero-order valence-corrected chi connectivity index (χ0v) is 8.90. The first-order valence-electron chi connectivity index (χ1n) is 4.46. The van der Waals surface area contributed by atoms with Gasteiger partial charge in [-0.2, -0.15) is 4.98 Å². The Morgan fingerprint density at radius 3 is 2.47 bits per heavy atom. The van der Waals surface area contributed by atoms with Gasteiger partial charge in [0.05, 0.1) is 5.69 Å². The number of hydrogen-bond donors (Lipinski definition) is 0. The lowest BCUT2D eigenvalue weighted by atomic mass is 10.1. The standard InChI is InChI=1S/C11H9ClN2O/c1-14-7-6-10(13-11(14)15)8-2-4-9(12)5-3-8/h2-7H,1H3. The van der Waals surface area contributed by atoms with Crippen LogP contribution in [-0.4, -0.2) is 9.55 Å². The molecule has 0 radical (unpaired) electrons. The Morgan fingerprint density at radius 1 is 1.20 bits per heavy atom. The molecule has 2 rings (SSSR count). The summed E-state index contributed by atoms with van der Waals surface area (Å²) in [6, 6.07) is 9.02. The molecule has 0 saturated carbocycles. The van der Waals surface area contributed by atoms with Gasteiger partial charge in [0.15, 0.2) is 0 Å². The van der Waals surface area contributed by atoms with Gasteiger partial charge in [-0.25, -0.2) is 4.79 Å². The molecule has 0 aliphatic rings. The van der Waals surface area contributed by atoms with Crippen LogP contribution in [0.25, 0.3) is 11.3 Å². The SMILES string of the molecule is Cn1ccc(-c2ccc(Cl)cc2)nc1=O. The second-order valence-corrected chi connectivity index (χ2v) is 3.65. The second kappa shape index (κ2) is 3.87. The molecule has 0 amide bonds. The Kier molecular flexibility index (Phi) is 2.56. The molecule has 0 aliphatic carbocycles. The van der Waals surface area contributed by atoms with Gasteiger partial charge in [0.25, 0.3) is 0 Å². The number of halogens is 1. The van der Waals surface area contributed by atoms with E-state index in [0.717, 1.165) is 5.56 Å². The number of hydrogen-bond acceptors (Lipinski definition) is 2. The summed E-state index contributed by atoms with van der Waals surface area (Å²) in [6.45, 7) is 0. The number of aromatic nitrogens is 2. The van der Waals surface area contributed by atoms with Crippen LogP contribution < -0.4 is 5.69 Å². The van der Waals surface area contributed by atoms with Gasteiger partial charge >= 0.3 is 5.69 Å². The Morgan fingerprint density at radius 2 is 1.87 bits per heavy atom. The van der Waals surface area contributed by atoms with Gasteiger partial charge in [0.1, 0.15) is 0 Å². The van der Waals surface area contributed by atoms with Crippen LogP contribution in [0.5, 0.6) is 0 Å². The molecule has 4 heteroatoms. The molecule has 0 unspecified atom stereocenters. The van der Waals surface area contributed by atoms with Crippen molar-refractivity contribution in [2.45, 2.75) is 0 Å². The van der Waals surface area contributed by atoms with Crippen LogP contribution in [0.4, 0.5) is 0 Å². The van der Waals surface area contributed by atoms with Crippen molar-refractivity contribution in [3.63, 3.8) is 0 Å². The van der Waals surface area contributed by atoms with Crippen molar-refractivity contribution in [1.29, 1.82) is 0 Å². The van der Waals surface area contributed by atoms with Crippen LogP contribution >= 0.6 is 11.6 Å². The van der Waals surface area contributed by atoms with Crippen LogP contribution in [0.3, 0.4) is 0 Å². The van der Waals surface area contributed by atoms with E-state index in [0.29, 0.717) is 10.7 Å². The Hall–Kier alpha value is -1.61. The van der Waals surface area contributed by atoms with Crippen molar-refractivity contribution in [3.8, 4) is 11.3 Å². The molecule has 15 heavy (non-hydrogen) atoms. The molecular weight excluding hydrogens is 212 g/mol. The second-order valence-electron chi connectivity index (χ2n) is 3.21. The predicted molar refractivity (Wildman–Crippen MR) is 59.9 cm³/mol. The summed E-state index contributed by atoms with van der Waals surface area (Å²) in [5.41, 5.74) is 1.29. The van der Waals surface area contributed by atoms with E-state index in [1.807, 2.05) is 12.1 Å². The van der Waals surface area contributed by atoms with E-state index in [1.54, 1.807) is 31.4 Å². The third kappa shape index (κ3) is 2.07. The van der Waals surface area contributed by atoms with Crippen LogP contribution in [0.15, 0.2) is 41.3 Å². The molecule has 0 fully saturated rings. The van der Waals surface area contributed by atoms with E-state index >= 15 is 0 Å². The lowest BCUT2D eigenvalue weighted by Gasteiger charge is -2.01. The number of aryl methyl sites for hydroxylation is 1. The third-order valence-corrected chi connectivity index (χ3v) is 2.37. The maximum atomic E-state index is 11.3. The van der Waals surface area contributed by atoms with E-state index in [-0.39, 0.29) is 5.69 Å². The van der Waals surface area contributed by atoms with Crippen molar-refractivity contribution in [2.75, 3.05) is 0 Å².